The third kappa shape index (κ3) is 3.80. The van der Waals surface area contributed by atoms with E-state index in [0.29, 0.717) is 28.8 Å². The molecule has 1 aromatic carbocycles. The van der Waals surface area contributed by atoms with Crippen LogP contribution < -0.4 is 4.90 Å². The highest BCUT2D eigenvalue weighted by atomic mass is 35.5. The van der Waals surface area contributed by atoms with Crippen molar-refractivity contribution in [3.05, 3.63) is 28.8 Å². The number of likely N-dealkylation sites (tertiary alicyclic amines) is 2. The molecule has 3 heterocycles. The number of hydrogen-bond acceptors (Lipinski definition) is 4. The Kier molecular flexibility index (Phi) is 5.69. The van der Waals surface area contributed by atoms with Crippen molar-refractivity contribution in [1.29, 1.82) is 0 Å². The van der Waals surface area contributed by atoms with Gasteiger partial charge in [0.15, 0.2) is 0 Å². The van der Waals surface area contributed by atoms with E-state index >= 15 is 0 Å². The van der Waals surface area contributed by atoms with Gasteiger partial charge in [-0.05, 0) is 43.9 Å². The van der Waals surface area contributed by atoms with Gasteiger partial charge in [-0.3, -0.25) is 24.2 Å². The van der Waals surface area contributed by atoms with Gasteiger partial charge in [0.25, 0.3) is 5.78 Å². The normalized spacial score (nSPS) is 21.8. The van der Waals surface area contributed by atoms with Gasteiger partial charge < -0.3 is 4.90 Å². The molecule has 0 aromatic heterocycles. The summed E-state index contributed by atoms with van der Waals surface area (Å²) in [5.74, 6) is -0.617. The molecule has 0 bridgehead atoms. The fourth-order valence-electron chi connectivity index (χ4n) is 4.48. The Bertz CT molecular complexity index is 781. The van der Waals surface area contributed by atoms with Gasteiger partial charge in [-0.25, -0.2) is 0 Å². The predicted octanol–water partition coefficient (Wildman–Crippen LogP) is 2.94. The smallest absolute Gasteiger partial charge is 0.300 e. The zero-order valence-corrected chi connectivity index (χ0v) is 16.8. The third-order valence-corrected chi connectivity index (χ3v) is 6.36. The minimum absolute atomic E-state index is 0.0800. The molecular weight excluding hydrogens is 378 g/mol. The van der Waals surface area contributed by atoms with Crippen LogP contribution in [0.4, 0.5) is 5.69 Å². The number of nitrogens with zero attached hydrogens (tertiary/aromatic N) is 3. The minimum Gasteiger partial charge on any atom is -0.342 e. The highest BCUT2D eigenvalue weighted by Gasteiger charge is 2.37. The topological polar surface area (TPSA) is 60.9 Å². The van der Waals surface area contributed by atoms with Crippen molar-refractivity contribution in [3.63, 3.8) is 0 Å². The van der Waals surface area contributed by atoms with Gasteiger partial charge in [0, 0.05) is 37.1 Å². The molecule has 0 spiro atoms. The molecule has 2 fully saturated rings. The molecule has 7 heteroatoms. The summed E-state index contributed by atoms with van der Waals surface area (Å²) in [4.78, 5) is 43.2. The Morgan fingerprint density at radius 3 is 2.36 bits per heavy atom. The highest BCUT2D eigenvalue weighted by Crippen LogP contribution is 2.32. The molecule has 3 aliphatic rings. The summed E-state index contributed by atoms with van der Waals surface area (Å²) in [7, 11) is 0. The Balaban J connectivity index is 1.35. The number of carbonyl (C=O) groups is 3. The van der Waals surface area contributed by atoms with Crippen LogP contribution in [-0.2, 0) is 9.59 Å². The van der Waals surface area contributed by atoms with E-state index in [1.165, 1.54) is 17.7 Å². The summed E-state index contributed by atoms with van der Waals surface area (Å²) < 4.78 is 0. The maximum absolute atomic E-state index is 12.8. The maximum Gasteiger partial charge on any atom is 0.300 e. The van der Waals surface area contributed by atoms with Crippen molar-refractivity contribution in [3.8, 4) is 0 Å². The lowest BCUT2D eigenvalue weighted by molar-refractivity contribution is -0.137. The number of fused-ring (bicyclic) bond motifs is 1. The molecule has 2 amide bonds. The molecule has 150 valence electrons. The molecule has 2 saturated heterocycles. The lowest BCUT2D eigenvalue weighted by atomic mass is 9.95. The molecule has 0 atom stereocenters. The first-order valence-electron chi connectivity index (χ1n) is 10.2. The van der Waals surface area contributed by atoms with E-state index in [0.717, 1.165) is 51.9 Å². The van der Waals surface area contributed by atoms with Crippen LogP contribution in [0.1, 0.15) is 48.9 Å². The molecule has 0 aliphatic carbocycles. The highest BCUT2D eigenvalue weighted by molar-refractivity contribution is 6.52. The van der Waals surface area contributed by atoms with Gasteiger partial charge >= 0.3 is 5.91 Å². The average molecular weight is 404 g/mol. The van der Waals surface area contributed by atoms with Crippen LogP contribution in [0.5, 0.6) is 0 Å². The number of amides is 2. The van der Waals surface area contributed by atoms with E-state index in [-0.39, 0.29) is 5.92 Å². The van der Waals surface area contributed by atoms with Crippen molar-refractivity contribution in [2.45, 2.75) is 38.5 Å². The second kappa shape index (κ2) is 8.21. The van der Waals surface area contributed by atoms with Gasteiger partial charge in [-0.2, -0.15) is 0 Å². The largest absolute Gasteiger partial charge is 0.342 e. The van der Waals surface area contributed by atoms with Crippen LogP contribution in [0.25, 0.3) is 0 Å². The second-order valence-corrected chi connectivity index (χ2v) is 8.43. The molecule has 0 N–H and O–H groups in total. The van der Waals surface area contributed by atoms with E-state index in [9.17, 15) is 14.4 Å². The molecule has 0 unspecified atom stereocenters. The predicted molar refractivity (Wildman–Crippen MR) is 107 cm³/mol. The number of halogens is 1. The van der Waals surface area contributed by atoms with E-state index in [1.807, 2.05) is 0 Å². The van der Waals surface area contributed by atoms with Crippen molar-refractivity contribution in [1.82, 2.24) is 9.80 Å². The van der Waals surface area contributed by atoms with Crippen molar-refractivity contribution >= 4 is 34.9 Å². The van der Waals surface area contributed by atoms with Gasteiger partial charge in [0.1, 0.15) is 0 Å². The number of anilines is 1. The van der Waals surface area contributed by atoms with E-state index in [4.69, 9.17) is 11.6 Å². The third-order valence-electron chi connectivity index (χ3n) is 6.13. The number of piperidine rings is 1. The van der Waals surface area contributed by atoms with Crippen LogP contribution >= 0.6 is 11.6 Å². The van der Waals surface area contributed by atoms with Crippen LogP contribution in [0.2, 0.25) is 5.02 Å². The van der Waals surface area contributed by atoms with Crippen LogP contribution in [0.3, 0.4) is 0 Å². The van der Waals surface area contributed by atoms with Crippen LogP contribution in [-0.4, -0.2) is 60.2 Å². The molecule has 28 heavy (non-hydrogen) atoms. The number of rotatable bonds is 3. The van der Waals surface area contributed by atoms with Gasteiger partial charge in [-0.15, -0.1) is 0 Å². The van der Waals surface area contributed by atoms with E-state index < -0.39 is 11.7 Å². The maximum atomic E-state index is 12.8. The zero-order valence-electron chi connectivity index (χ0n) is 16.0. The first-order valence-corrected chi connectivity index (χ1v) is 10.6. The number of benzene rings is 1. The Morgan fingerprint density at radius 1 is 1.00 bits per heavy atom. The summed E-state index contributed by atoms with van der Waals surface area (Å²) in [6.45, 7) is 3.67. The van der Waals surface area contributed by atoms with Gasteiger partial charge in [0.2, 0.25) is 5.91 Å². The van der Waals surface area contributed by atoms with Crippen LogP contribution in [0.15, 0.2) is 18.2 Å². The summed E-state index contributed by atoms with van der Waals surface area (Å²) in [6, 6.07) is 4.99. The van der Waals surface area contributed by atoms with Gasteiger partial charge in [-0.1, -0.05) is 24.4 Å². The SMILES string of the molecule is O=C1C(=O)N(CN2CCC(C(=O)N3CCCCCC3)CC2)c2ccc(Cl)cc21. The monoisotopic (exact) mass is 403 g/mol. The first-order chi connectivity index (χ1) is 13.5. The van der Waals surface area contributed by atoms with Crippen LogP contribution in [0, 0.1) is 5.92 Å². The Hall–Kier alpha value is -1.92. The second-order valence-electron chi connectivity index (χ2n) is 8.00. The number of Topliss-reactive ketones (excluding diaryl/α,β-unsaturated/α-hetero) is 1. The minimum atomic E-state index is -0.500. The number of hydrogen-bond donors (Lipinski definition) is 0. The van der Waals surface area contributed by atoms with Crippen molar-refractivity contribution in [2.75, 3.05) is 37.7 Å². The molecule has 3 aliphatic heterocycles. The Morgan fingerprint density at radius 2 is 1.68 bits per heavy atom. The Labute approximate surface area is 170 Å². The summed E-state index contributed by atoms with van der Waals surface area (Å²) in [5.41, 5.74) is 1.01. The first kappa shape index (κ1) is 19.4. The molecule has 4 rings (SSSR count). The van der Waals surface area contributed by atoms with E-state index in [2.05, 4.69) is 9.80 Å². The lowest BCUT2D eigenvalue weighted by Crippen LogP contribution is -2.47. The molecule has 0 saturated carbocycles. The standard InChI is InChI=1S/C21H26ClN3O3/c22-16-5-6-18-17(13-16)19(26)21(28)25(18)14-23-11-7-15(8-12-23)20(27)24-9-3-1-2-4-10-24/h5-6,13,15H,1-4,7-12,14H2. The molecular formula is C21H26ClN3O3. The lowest BCUT2D eigenvalue weighted by Gasteiger charge is -2.35. The van der Waals surface area contributed by atoms with Gasteiger partial charge in [0.05, 0.1) is 17.9 Å². The molecule has 1 aromatic rings. The fourth-order valence-corrected chi connectivity index (χ4v) is 4.66. The molecule has 0 radical (unpaired) electrons. The summed E-state index contributed by atoms with van der Waals surface area (Å²) >= 11 is 5.97. The van der Waals surface area contributed by atoms with E-state index in [1.54, 1.807) is 18.2 Å². The zero-order chi connectivity index (χ0) is 19.7. The summed E-state index contributed by atoms with van der Waals surface area (Å²) in [5, 5.41) is 0.453. The number of ketones is 1. The average Bonchev–Trinajstić information content (AvgIpc) is 2.91. The molecule has 6 nitrogen and oxygen atoms in total. The fraction of sp³-hybridized carbons (Fsp3) is 0.571. The quantitative estimate of drug-likeness (QED) is 0.728. The number of carbonyl (C=O) groups excluding carboxylic acids is 3. The van der Waals surface area contributed by atoms with Crippen molar-refractivity contribution in [2.24, 2.45) is 5.92 Å². The summed E-state index contributed by atoms with van der Waals surface area (Å²) in [6.07, 6.45) is 6.27. The van der Waals surface area contributed by atoms with Crippen molar-refractivity contribution < 1.29 is 14.4 Å².